The molecule has 2 aromatic carbocycles. The summed E-state index contributed by atoms with van der Waals surface area (Å²) < 4.78 is 22.1. The molecule has 4 atom stereocenters. The number of amides is 2. The van der Waals surface area contributed by atoms with Crippen molar-refractivity contribution in [1.29, 1.82) is 0 Å². The van der Waals surface area contributed by atoms with E-state index in [0.717, 1.165) is 42.8 Å². The zero-order valence-corrected chi connectivity index (χ0v) is 23.5. The van der Waals surface area contributed by atoms with E-state index in [1.807, 2.05) is 18.2 Å². The van der Waals surface area contributed by atoms with Crippen LogP contribution in [0.1, 0.15) is 47.2 Å². The van der Waals surface area contributed by atoms with Gasteiger partial charge in [0.15, 0.2) is 0 Å². The number of ether oxygens (including phenoxy) is 1. The number of halogens is 1. The van der Waals surface area contributed by atoms with Gasteiger partial charge in [0, 0.05) is 41.6 Å². The number of nitrogens with one attached hydrogen (secondary N) is 2. The van der Waals surface area contributed by atoms with Crippen molar-refractivity contribution in [2.24, 2.45) is 11.8 Å². The second-order valence-corrected chi connectivity index (χ2v) is 14.0. The Kier molecular flexibility index (Phi) is 6.88. The number of rotatable bonds is 0. The molecule has 1 fully saturated rings. The fraction of sp³-hybridized carbons (Fsp3) is 0.433. The van der Waals surface area contributed by atoms with E-state index in [1.54, 1.807) is 18.2 Å². The predicted octanol–water partition coefficient (Wildman–Crippen LogP) is 3.89. The van der Waals surface area contributed by atoms with Gasteiger partial charge in [-0.05, 0) is 85.4 Å². The molecule has 2 aliphatic heterocycles. The van der Waals surface area contributed by atoms with Crippen molar-refractivity contribution in [3.8, 4) is 5.75 Å². The first-order chi connectivity index (χ1) is 18.7. The lowest BCUT2D eigenvalue weighted by molar-refractivity contribution is -0.129. The van der Waals surface area contributed by atoms with Crippen LogP contribution < -0.4 is 19.7 Å². The van der Waals surface area contributed by atoms with Crippen molar-refractivity contribution >= 4 is 44.7 Å². The van der Waals surface area contributed by atoms with Crippen molar-refractivity contribution in [1.82, 2.24) is 10.0 Å². The van der Waals surface area contributed by atoms with Crippen LogP contribution in [0.4, 0.5) is 5.69 Å². The number of carbonyl (C=O) groups is 2. The molecule has 9 heteroatoms. The van der Waals surface area contributed by atoms with Gasteiger partial charge in [0.05, 0.1) is 27.8 Å². The first kappa shape index (κ1) is 26.3. The molecule has 4 aliphatic rings. The Balaban J connectivity index is 1.42. The van der Waals surface area contributed by atoms with Crippen LogP contribution in [0.2, 0.25) is 5.02 Å². The molecule has 0 saturated heterocycles. The molecule has 1 saturated carbocycles. The summed E-state index contributed by atoms with van der Waals surface area (Å²) in [5, 5.41) is 3.74. The van der Waals surface area contributed by atoms with E-state index in [-0.39, 0.29) is 28.9 Å². The van der Waals surface area contributed by atoms with Gasteiger partial charge in [-0.3, -0.25) is 14.3 Å². The molecular weight excluding hydrogens is 534 g/mol. The minimum atomic E-state index is -2.89. The van der Waals surface area contributed by atoms with E-state index >= 15 is 0 Å². The number of benzene rings is 2. The van der Waals surface area contributed by atoms with Gasteiger partial charge in [0.2, 0.25) is 5.91 Å². The Morgan fingerprint density at radius 1 is 1.13 bits per heavy atom. The Hall–Kier alpha value is -2.97. The maximum absolute atomic E-state index is 13.2. The average molecular weight is 568 g/mol. The molecule has 2 aromatic rings. The highest BCUT2D eigenvalue weighted by Crippen LogP contribution is 2.46. The molecule has 206 valence electrons. The van der Waals surface area contributed by atoms with Gasteiger partial charge in [-0.1, -0.05) is 29.8 Å². The molecule has 2 N–H and O–H groups in total. The van der Waals surface area contributed by atoms with E-state index in [2.05, 4.69) is 32.9 Å². The number of fused-ring (bicyclic) bond motifs is 4. The SMILES string of the molecule is C=S1(=O)C/C=C\CNC(=O)[C@@H]2CC[C@H]2CN2C[C@@]3(CCCc4cc(Cl)ccc43)COc3ccc(cc32)C(=O)N1. The molecule has 1 unspecified atom stereocenters. The van der Waals surface area contributed by atoms with Crippen LogP contribution in [-0.2, 0) is 26.3 Å². The molecule has 7 nitrogen and oxygen atoms in total. The molecule has 39 heavy (non-hydrogen) atoms. The van der Waals surface area contributed by atoms with Gasteiger partial charge in [0.1, 0.15) is 5.75 Å². The maximum Gasteiger partial charge on any atom is 0.262 e. The third-order valence-electron chi connectivity index (χ3n) is 8.71. The summed E-state index contributed by atoms with van der Waals surface area (Å²) in [6.45, 7) is 2.27. The first-order valence-corrected chi connectivity index (χ1v) is 15.9. The summed E-state index contributed by atoms with van der Waals surface area (Å²) in [4.78, 5) is 28.5. The highest BCUT2D eigenvalue weighted by atomic mass is 35.5. The summed E-state index contributed by atoms with van der Waals surface area (Å²) in [5.41, 5.74) is 3.52. The zero-order valence-electron chi connectivity index (χ0n) is 21.9. The van der Waals surface area contributed by atoms with Crippen LogP contribution >= 0.6 is 11.6 Å². The molecule has 2 aliphatic carbocycles. The maximum atomic E-state index is 13.2. The Morgan fingerprint density at radius 2 is 2.00 bits per heavy atom. The molecule has 6 rings (SSSR count). The summed E-state index contributed by atoms with van der Waals surface area (Å²) in [5.74, 6) is 4.32. The number of hydrogen-bond donors (Lipinski definition) is 2. The van der Waals surface area contributed by atoms with Crippen molar-refractivity contribution in [2.45, 2.75) is 37.5 Å². The summed E-state index contributed by atoms with van der Waals surface area (Å²) >= 11 is 6.37. The first-order valence-electron chi connectivity index (χ1n) is 13.6. The molecular formula is C30H34ClN3O4S. The number of nitrogens with zero attached hydrogens (tertiary/aromatic N) is 1. The zero-order chi connectivity index (χ0) is 27.2. The van der Waals surface area contributed by atoms with Gasteiger partial charge in [-0.25, -0.2) is 4.21 Å². The van der Waals surface area contributed by atoms with Crippen LogP contribution in [0, 0.1) is 11.8 Å². The van der Waals surface area contributed by atoms with Gasteiger partial charge >= 0.3 is 0 Å². The number of anilines is 1. The topological polar surface area (TPSA) is 87.7 Å². The van der Waals surface area contributed by atoms with E-state index in [1.165, 1.54) is 11.1 Å². The van der Waals surface area contributed by atoms with Crippen molar-refractivity contribution < 1.29 is 18.5 Å². The van der Waals surface area contributed by atoms with Crippen molar-refractivity contribution in [3.05, 3.63) is 70.3 Å². The van der Waals surface area contributed by atoms with Gasteiger partial charge in [0.25, 0.3) is 5.91 Å². The van der Waals surface area contributed by atoms with E-state index in [4.69, 9.17) is 16.3 Å². The second-order valence-electron chi connectivity index (χ2n) is 11.4. The smallest absolute Gasteiger partial charge is 0.262 e. The fourth-order valence-electron chi connectivity index (χ4n) is 6.54. The lowest BCUT2D eigenvalue weighted by Crippen LogP contribution is -2.50. The average Bonchev–Trinajstić information content (AvgIpc) is 3.02. The number of aryl methyl sites for hydroxylation is 1. The highest BCUT2D eigenvalue weighted by molar-refractivity contribution is 7.99. The van der Waals surface area contributed by atoms with Crippen LogP contribution in [0.5, 0.6) is 5.75 Å². The molecule has 2 bridgehead atoms. The van der Waals surface area contributed by atoms with Gasteiger partial charge in [-0.2, -0.15) is 0 Å². The van der Waals surface area contributed by atoms with E-state index in [0.29, 0.717) is 37.6 Å². The highest BCUT2D eigenvalue weighted by Gasteiger charge is 2.44. The van der Waals surface area contributed by atoms with Crippen LogP contribution in [0.3, 0.4) is 0 Å². The quantitative estimate of drug-likeness (QED) is 0.373. The van der Waals surface area contributed by atoms with Crippen LogP contribution in [-0.4, -0.2) is 53.9 Å². The van der Waals surface area contributed by atoms with E-state index < -0.39 is 15.6 Å². The Bertz CT molecular complexity index is 1460. The molecule has 1 spiro atoms. The third kappa shape index (κ3) is 5.16. The standard InChI is InChI=1S/C30H34ClN3O4S/c1-39(37)14-3-2-13-32-29(36)24-9-6-22(24)17-34-18-30(12-4-5-20-15-23(31)8-10-25(20)30)19-38-27-11-7-21(16-26(27)34)28(35)33-39/h2-3,7-8,10-11,15-16,22,24H,1,4-6,9,12-14,17-19H2,(H,32,36)(H,33,35,37)/b3-2-/t22-,24+,30-,39?/m0/s1. The largest absolute Gasteiger partial charge is 0.490 e. The summed E-state index contributed by atoms with van der Waals surface area (Å²) in [6, 6.07) is 11.6. The van der Waals surface area contributed by atoms with E-state index in [9.17, 15) is 13.8 Å². The lowest BCUT2D eigenvalue weighted by atomic mass is 9.69. The Morgan fingerprint density at radius 3 is 2.82 bits per heavy atom. The Labute approximate surface area is 235 Å². The number of carbonyl (C=O) groups excluding carboxylic acids is 2. The summed E-state index contributed by atoms with van der Waals surface area (Å²) in [7, 11) is -2.89. The third-order valence-corrected chi connectivity index (χ3v) is 10.2. The minimum Gasteiger partial charge on any atom is -0.490 e. The van der Waals surface area contributed by atoms with Gasteiger partial charge in [-0.15, -0.1) is 0 Å². The molecule has 2 amide bonds. The monoisotopic (exact) mass is 567 g/mol. The molecule has 2 heterocycles. The summed E-state index contributed by atoms with van der Waals surface area (Å²) in [6.07, 6.45) is 8.30. The minimum absolute atomic E-state index is 0.0547. The number of hydrogen-bond acceptors (Lipinski definition) is 5. The predicted molar refractivity (Wildman–Crippen MR) is 156 cm³/mol. The molecule has 0 radical (unpaired) electrons. The molecule has 0 aromatic heterocycles. The van der Waals surface area contributed by atoms with Crippen molar-refractivity contribution in [2.75, 3.05) is 36.9 Å². The van der Waals surface area contributed by atoms with Crippen LogP contribution in [0.25, 0.3) is 0 Å². The normalized spacial score (nSPS) is 31.5. The fourth-order valence-corrected chi connectivity index (χ4v) is 7.72. The van der Waals surface area contributed by atoms with Gasteiger partial charge < -0.3 is 15.0 Å². The lowest BCUT2D eigenvalue weighted by Gasteiger charge is -2.44. The van der Waals surface area contributed by atoms with Crippen LogP contribution in [0.15, 0.2) is 48.6 Å². The second kappa shape index (κ2) is 10.2. The van der Waals surface area contributed by atoms with Crippen molar-refractivity contribution in [3.63, 3.8) is 0 Å².